The minimum absolute atomic E-state index is 0.283. The lowest BCUT2D eigenvalue weighted by molar-refractivity contribution is 0.0674. The molecule has 1 N–H and O–H groups in total. The maximum absolute atomic E-state index is 10.2. The van der Waals surface area contributed by atoms with Crippen LogP contribution in [-0.4, -0.2) is 36.4 Å². The van der Waals surface area contributed by atoms with Gasteiger partial charge in [-0.2, -0.15) is 11.3 Å². The van der Waals surface area contributed by atoms with Crippen molar-refractivity contribution in [3.8, 4) is 11.5 Å². The van der Waals surface area contributed by atoms with Gasteiger partial charge in [0.2, 0.25) is 0 Å². The Balaban J connectivity index is 1.77. The van der Waals surface area contributed by atoms with Gasteiger partial charge in [0.05, 0.1) is 13.2 Å². The lowest BCUT2D eigenvalue weighted by Crippen LogP contribution is -2.31. The summed E-state index contributed by atoms with van der Waals surface area (Å²) in [6.07, 6.45) is 2.53. The first-order valence-electron chi connectivity index (χ1n) is 7.96. The molecule has 1 aromatic heterocycles. The van der Waals surface area contributed by atoms with Gasteiger partial charge in [-0.15, -0.1) is 0 Å². The van der Waals surface area contributed by atoms with Crippen LogP contribution < -0.4 is 4.74 Å². The van der Waals surface area contributed by atoms with E-state index in [1.54, 1.807) is 30.6 Å². The standard InChI is InChI=1S/C18H23NO3S/c1-21-18-6-2-5-17(20)16(18)12-19(10-14-7-9-23-13-14)11-15-4-3-8-22-15/h2,5-7,9,13,15,20H,3-4,8,10-12H2,1H3/t15-/m0/s1. The molecule has 124 valence electrons. The first-order valence-corrected chi connectivity index (χ1v) is 8.90. The Kier molecular flexibility index (Phi) is 5.54. The highest BCUT2D eigenvalue weighted by Gasteiger charge is 2.21. The zero-order valence-electron chi connectivity index (χ0n) is 13.4. The number of rotatable bonds is 7. The highest BCUT2D eigenvalue weighted by atomic mass is 32.1. The van der Waals surface area contributed by atoms with Gasteiger partial charge in [-0.25, -0.2) is 0 Å². The van der Waals surface area contributed by atoms with Crippen molar-refractivity contribution in [2.45, 2.75) is 32.0 Å². The molecule has 1 saturated heterocycles. The molecule has 0 saturated carbocycles. The van der Waals surface area contributed by atoms with Crippen LogP contribution in [0.15, 0.2) is 35.0 Å². The number of benzene rings is 1. The summed E-state index contributed by atoms with van der Waals surface area (Å²) in [5.74, 6) is 1.01. The third-order valence-electron chi connectivity index (χ3n) is 4.18. The summed E-state index contributed by atoms with van der Waals surface area (Å²) >= 11 is 1.71. The molecule has 1 aliphatic rings. The molecule has 1 aromatic carbocycles. The second kappa shape index (κ2) is 7.81. The summed E-state index contributed by atoms with van der Waals surface area (Å²) in [5.41, 5.74) is 2.13. The number of methoxy groups -OCH3 is 1. The Morgan fingerprint density at radius 1 is 1.35 bits per heavy atom. The molecule has 0 bridgehead atoms. The van der Waals surface area contributed by atoms with Gasteiger partial charge in [0.15, 0.2) is 0 Å². The summed E-state index contributed by atoms with van der Waals surface area (Å²) in [6, 6.07) is 7.56. The molecule has 3 rings (SSSR count). The molecule has 0 aliphatic carbocycles. The highest BCUT2D eigenvalue weighted by Crippen LogP contribution is 2.29. The lowest BCUT2D eigenvalue weighted by Gasteiger charge is -2.26. The monoisotopic (exact) mass is 333 g/mol. The number of ether oxygens (including phenoxy) is 2. The quantitative estimate of drug-likeness (QED) is 0.840. The Morgan fingerprint density at radius 2 is 2.26 bits per heavy atom. The van der Waals surface area contributed by atoms with Crippen molar-refractivity contribution in [2.75, 3.05) is 20.3 Å². The van der Waals surface area contributed by atoms with E-state index in [1.807, 2.05) is 6.07 Å². The molecule has 1 aliphatic heterocycles. The fourth-order valence-electron chi connectivity index (χ4n) is 3.03. The zero-order chi connectivity index (χ0) is 16.1. The van der Waals surface area contributed by atoms with Crippen molar-refractivity contribution in [3.05, 3.63) is 46.2 Å². The van der Waals surface area contributed by atoms with Crippen LogP contribution in [0.5, 0.6) is 11.5 Å². The molecule has 0 amide bonds. The van der Waals surface area contributed by atoms with E-state index in [0.717, 1.165) is 43.9 Å². The van der Waals surface area contributed by atoms with Gasteiger partial charge in [-0.3, -0.25) is 4.90 Å². The van der Waals surface area contributed by atoms with Crippen LogP contribution in [0.3, 0.4) is 0 Å². The summed E-state index contributed by atoms with van der Waals surface area (Å²) in [4.78, 5) is 2.33. The Hall–Kier alpha value is -1.56. The van der Waals surface area contributed by atoms with Crippen molar-refractivity contribution < 1.29 is 14.6 Å². The van der Waals surface area contributed by atoms with Gasteiger partial charge in [0, 0.05) is 31.8 Å². The fourth-order valence-corrected chi connectivity index (χ4v) is 3.69. The van der Waals surface area contributed by atoms with Crippen LogP contribution in [0, 0.1) is 0 Å². The molecule has 5 heteroatoms. The lowest BCUT2D eigenvalue weighted by atomic mass is 10.1. The van der Waals surface area contributed by atoms with Crippen LogP contribution in [0.4, 0.5) is 0 Å². The first kappa shape index (κ1) is 16.3. The second-order valence-corrected chi connectivity index (χ2v) is 6.67. The van der Waals surface area contributed by atoms with Crippen molar-refractivity contribution in [1.29, 1.82) is 0 Å². The van der Waals surface area contributed by atoms with Crippen LogP contribution in [0.1, 0.15) is 24.0 Å². The summed E-state index contributed by atoms with van der Waals surface area (Å²) < 4.78 is 11.2. The smallest absolute Gasteiger partial charge is 0.127 e. The third-order valence-corrected chi connectivity index (χ3v) is 4.91. The molecule has 1 atom stereocenters. The third kappa shape index (κ3) is 4.25. The summed E-state index contributed by atoms with van der Waals surface area (Å²) in [6.45, 7) is 3.22. The van der Waals surface area contributed by atoms with Crippen molar-refractivity contribution in [3.63, 3.8) is 0 Å². The van der Waals surface area contributed by atoms with E-state index in [2.05, 4.69) is 21.7 Å². The second-order valence-electron chi connectivity index (χ2n) is 5.89. The van der Waals surface area contributed by atoms with E-state index in [0.29, 0.717) is 6.54 Å². The van der Waals surface area contributed by atoms with E-state index < -0.39 is 0 Å². The number of hydrogen-bond acceptors (Lipinski definition) is 5. The minimum atomic E-state index is 0.283. The van der Waals surface area contributed by atoms with E-state index in [9.17, 15) is 5.11 Å². The molecule has 2 heterocycles. The van der Waals surface area contributed by atoms with E-state index in [4.69, 9.17) is 9.47 Å². The van der Waals surface area contributed by atoms with Gasteiger partial charge in [-0.1, -0.05) is 6.07 Å². The van der Waals surface area contributed by atoms with Gasteiger partial charge in [-0.05, 0) is 47.4 Å². The van der Waals surface area contributed by atoms with Crippen LogP contribution in [0.25, 0.3) is 0 Å². The largest absolute Gasteiger partial charge is 0.507 e. The molecule has 23 heavy (non-hydrogen) atoms. The molecular formula is C18H23NO3S. The zero-order valence-corrected chi connectivity index (χ0v) is 14.2. The van der Waals surface area contributed by atoms with Crippen LogP contribution in [-0.2, 0) is 17.8 Å². The Labute approximate surface area is 141 Å². The Bertz CT molecular complexity index is 609. The first-order chi connectivity index (χ1) is 11.3. The molecule has 2 aromatic rings. The number of hydrogen-bond donors (Lipinski definition) is 1. The minimum Gasteiger partial charge on any atom is -0.507 e. The van der Waals surface area contributed by atoms with Gasteiger partial charge >= 0.3 is 0 Å². The average molecular weight is 333 g/mol. The van der Waals surface area contributed by atoms with Gasteiger partial charge < -0.3 is 14.6 Å². The SMILES string of the molecule is COc1cccc(O)c1CN(Cc1ccsc1)C[C@@H]1CCCO1. The number of phenols is 1. The van der Waals surface area contributed by atoms with Gasteiger partial charge in [0.1, 0.15) is 11.5 Å². The maximum Gasteiger partial charge on any atom is 0.127 e. The average Bonchev–Trinajstić information content (AvgIpc) is 3.23. The number of aromatic hydroxyl groups is 1. The summed E-state index contributed by atoms with van der Waals surface area (Å²) in [5, 5.41) is 14.5. The highest BCUT2D eigenvalue weighted by molar-refractivity contribution is 7.07. The molecule has 0 spiro atoms. The number of phenolic OH excluding ortho intramolecular Hbond substituents is 1. The van der Waals surface area contributed by atoms with E-state index in [1.165, 1.54) is 5.56 Å². The van der Waals surface area contributed by atoms with Crippen molar-refractivity contribution in [1.82, 2.24) is 4.90 Å². The predicted octanol–water partition coefficient (Wildman–Crippen LogP) is 3.64. The van der Waals surface area contributed by atoms with Crippen molar-refractivity contribution >= 4 is 11.3 Å². The van der Waals surface area contributed by atoms with Crippen LogP contribution in [0.2, 0.25) is 0 Å². The Morgan fingerprint density at radius 3 is 2.96 bits per heavy atom. The van der Waals surface area contributed by atoms with Crippen LogP contribution >= 0.6 is 11.3 Å². The van der Waals surface area contributed by atoms with E-state index >= 15 is 0 Å². The molecule has 0 unspecified atom stereocenters. The van der Waals surface area contributed by atoms with Crippen molar-refractivity contribution in [2.24, 2.45) is 0 Å². The maximum atomic E-state index is 10.2. The molecule has 0 radical (unpaired) electrons. The molecule has 4 nitrogen and oxygen atoms in total. The predicted molar refractivity (Wildman–Crippen MR) is 92.1 cm³/mol. The number of thiophene rings is 1. The number of nitrogens with zero attached hydrogens (tertiary/aromatic N) is 1. The molecular weight excluding hydrogens is 310 g/mol. The molecule has 1 fully saturated rings. The topological polar surface area (TPSA) is 41.9 Å². The fraction of sp³-hybridized carbons (Fsp3) is 0.444. The van der Waals surface area contributed by atoms with Gasteiger partial charge in [0.25, 0.3) is 0 Å². The summed E-state index contributed by atoms with van der Waals surface area (Å²) in [7, 11) is 1.64. The normalized spacial score (nSPS) is 17.7. The van der Waals surface area contributed by atoms with E-state index in [-0.39, 0.29) is 11.9 Å².